The first-order chi connectivity index (χ1) is 8.61. The van der Waals surface area contributed by atoms with Crippen molar-refractivity contribution in [2.75, 3.05) is 33.7 Å². The van der Waals surface area contributed by atoms with Crippen molar-refractivity contribution in [3.05, 3.63) is 0 Å². The fourth-order valence-corrected chi connectivity index (χ4v) is 1.09. The van der Waals surface area contributed by atoms with Gasteiger partial charge >= 0.3 is 11.9 Å². The molecule has 0 rings (SSSR count). The third-order valence-electron chi connectivity index (χ3n) is 1.95. The topological polar surface area (TPSA) is 91.3 Å². The molecule has 0 fully saturated rings. The average molecular weight is 264 g/mol. The molecule has 0 unspecified atom stereocenters. The van der Waals surface area contributed by atoms with E-state index in [1.54, 1.807) is 14.0 Å². The van der Waals surface area contributed by atoms with Crippen LogP contribution in [0.5, 0.6) is 0 Å². The van der Waals surface area contributed by atoms with E-state index in [-0.39, 0.29) is 26.2 Å². The number of methoxy groups -OCH3 is 1. The summed E-state index contributed by atoms with van der Waals surface area (Å²) < 4.78 is 19.7. The molecule has 0 aromatic rings. The highest BCUT2D eigenvalue weighted by atomic mass is 16.7. The van der Waals surface area contributed by atoms with Crippen LogP contribution < -0.4 is 0 Å². The maximum Gasteiger partial charge on any atom is 0.335 e. The molecular formula is C11H20O7. The lowest BCUT2D eigenvalue weighted by Gasteiger charge is -2.15. The molecule has 0 bridgehead atoms. The van der Waals surface area contributed by atoms with Gasteiger partial charge in [-0.1, -0.05) is 0 Å². The van der Waals surface area contributed by atoms with Crippen LogP contribution in [0.25, 0.3) is 0 Å². The lowest BCUT2D eigenvalue weighted by molar-refractivity contribution is -0.168. The molecule has 0 spiro atoms. The molecule has 0 aromatic heterocycles. The Hall–Kier alpha value is -1.18. The highest BCUT2D eigenvalue weighted by molar-refractivity contribution is 5.76. The third-order valence-corrected chi connectivity index (χ3v) is 1.95. The van der Waals surface area contributed by atoms with Gasteiger partial charge in [-0.3, -0.25) is 4.79 Å². The number of aliphatic carboxylic acids is 1. The van der Waals surface area contributed by atoms with E-state index in [2.05, 4.69) is 0 Å². The van der Waals surface area contributed by atoms with E-state index in [9.17, 15) is 9.59 Å². The molecule has 0 saturated heterocycles. The molecule has 106 valence electrons. The summed E-state index contributed by atoms with van der Waals surface area (Å²) in [5, 5.41) is 8.56. The van der Waals surface area contributed by atoms with Crippen molar-refractivity contribution in [3.63, 3.8) is 0 Å². The fraction of sp³-hybridized carbons (Fsp3) is 0.818. The summed E-state index contributed by atoms with van der Waals surface area (Å²) in [6.45, 7) is 2.54. The maximum absolute atomic E-state index is 11.5. The molecule has 0 aliphatic heterocycles. The van der Waals surface area contributed by atoms with Gasteiger partial charge in [0.1, 0.15) is 6.79 Å². The summed E-state index contributed by atoms with van der Waals surface area (Å²) in [6.07, 6.45) is -1.02. The Labute approximate surface area is 106 Å². The summed E-state index contributed by atoms with van der Waals surface area (Å²) in [6, 6.07) is 0. The van der Waals surface area contributed by atoms with Crippen LogP contribution in [0.2, 0.25) is 0 Å². The summed E-state index contributed by atoms with van der Waals surface area (Å²) in [4.78, 5) is 21.9. The minimum absolute atomic E-state index is 0.0573. The second-order valence-corrected chi connectivity index (χ2v) is 3.36. The molecule has 1 N–H and O–H groups in total. The smallest absolute Gasteiger partial charge is 0.335 e. The van der Waals surface area contributed by atoms with Crippen LogP contribution in [0.1, 0.15) is 19.8 Å². The molecule has 0 aliphatic rings. The quantitative estimate of drug-likeness (QED) is 0.328. The summed E-state index contributed by atoms with van der Waals surface area (Å²) in [7, 11) is 1.54. The van der Waals surface area contributed by atoms with Crippen molar-refractivity contribution in [2.24, 2.45) is 0 Å². The Morgan fingerprint density at radius 2 is 2.00 bits per heavy atom. The normalized spacial score (nSPS) is 12.1. The molecule has 7 nitrogen and oxygen atoms in total. The molecular weight excluding hydrogens is 244 g/mol. The number of carboxylic acid groups (broad SMARTS) is 1. The van der Waals surface area contributed by atoms with E-state index in [4.69, 9.17) is 24.1 Å². The second-order valence-electron chi connectivity index (χ2n) is 3.36. The lowest BCUT2D eigenvalue weighted by Crippen LogP contribution is -2.28. The second kappa shape index (κ2) is 10.9. The van der Waals surface area contributed by atoms with Crippen LogP contribution in [0.15, 0.2) is 0 Å². The van der Waals surface area contributed by atoms with Crippen LogP contribution >= 0.6 is 0 Å². The van der Waals surface area contributed by atoms with Crippen molar-refractivity contribution < 1.29 is 33.6 Å². The van der Waals surface area contributed by atoms with Crippen molar-refractivity contribution in [3.8, 4) is 0 Å². The first-order valence-electron chi connectivity index (χ1n) is 5.68. The van der Waals surface area contributed by atoms with Gasteiger partial charge in [0.25, 0.3) is 0 Å². The van der Waals surface area contributed by atoms with E-state index >= 15 is 0 Å². The number of hydrogen-bond acceptors (Lipinski definition) is 6. The van der Waals surface area contributed by atoms with Crippen molar-refractivity contribution >= 4 is 11.9 Å². The van der Waals surface area contributed by atoms with Gasteiger partial charge in [0.15, 0.2) is 6.10 Å². The monoisotopic (exact) mass is 264 g/mol. The number of rotatable bonds is 11. The van der Waals surface area contributed by atoms with Crippen molar-refractivity contribution in [1.82, 2.24) is 0 Å². The number of hydrogen-bond donors (Lipinski definition) is 1. The third kappa shape index (κ3) is 8.91. The van der Waals surface area contributed by atoms with E-state index in [0.29, 0.717) is 13.2 Å². The van der Waals surface area contributed by atoms with Gasteiger partial charge in [-0.05, 0) is 13.3 Å². The van der Waals surface area contributed by atoms with E-state index in [0.717, 1.165) is 0 Å². The molecule has 0 radical (unpaired) electrons. The Bertz CT molecular complexity index is 242. The fourth-order valence-electron chi connectivity index (χ4n) is 1.09. The first kappa shape index (κ1) is 16.8. The van der Waals surface area contributed by atoms with Crippen LogP contribution in [0, 0.1) is 0 Å². The van der Waals surface area contributed by atoms with Gasteiger partial charge in [0.05, 0.1) is 19.8 Å². The zero-order valence-corrected chi connectivity index (χ0v) is 10.7. The Morgan fingerprint density at radius 3 is 2.56 bits per heavy atom. The Morgan fingerprint density at radius 1 is 1.28 bits per heavy atom. The molecule has 1 atom stereocenters. The minimum atomic E-state index is -0.992. The predicted molar refractivity (Wildman–Crippen MR) is 61.1 cm³/mol. The number of carbonyl (C=O) groups excluding carboxylic acids is 1. The lowest BCUT2D eigenvalue weighted by atomic mass is 10.2. The summed E-state index contributed by atoms with van der Waals surface area (Å²) in [5.74, 6) is -1.57. The molecule has 0 saturated carbocycles. The van der Waals surface area contributed by atoms with Crippen molar-refractivity contribution in [1.29, 1.82) is 0 Å². The van der Waals surface area contributed by atoms with Gasteiger partial charge < -0.3 is 24.1 Å². The molecule has 0 heterocycles. The van der Waals surface area contributed by atoms with Crippen molar-refractivity contribution in [2.45, 2.75) is 25.9 Å². The number of ether oxygens (including phenoxy) is 4. The zero-order valence-electron chi connectivity index (χ0n) is 10.7. The largest absolute Gasteiger partial charge is 0.481 e. The molecule has 18 heavy (non-hydrogen) atoms. The predicted octanol–water partition coefficient (Wildman–Crippen LogP) is 0.420. The first-order valence-corrected chi connectivity index (χ1v) is 5.68. The number of carbonyl (C=O) groups is 2. The van der Waals surface area contributed by atoms with Gasteiger partial charge in [-0.2, -0.15) is 0 Å². The Balaban J connectivity index is 3.96. The maximum atomic E-state index is 11.5. The molecule has 0 amide bonds. The summed E-state index contributed by atoms with van der Waals surface area (Å²) in [5.41, 5.74) is 0. The van der Waals surface area contributed by atoms with Crippen LogP contribution in [-0.2, 0) is 28.5 Å². The highest BCUT2D eigenvalue weighted by Crippen LogP contribution is 2.05. The van der Waals surface area contributed by atoms with Gasteiger partial charge in [0.2, 0.25) is 0 Å². The zero-order chi connectivity index (χ0) is 13.8. The average Bonchev–Trinajstić information content (AvgIpc) is 2.32. The van der Waals surface area contributed by atoms with E-state index in [1.807, 2.05) is 0 Å². The minimum Gasteiger partial charge on any atom is -0.481 e. The van der Waals surface area contributed by atoms with E-state index < -0.39 is 18.0 Å². The van der Waals surface area contributed by atoms with Gasteiger partial charge in [-0.15, -0.1) is 0 Å². The van der Waals surface area contributed by atoms with Crippen LogP contribution in [0.3, 0.4) is 0 Å². The van der Waals surface area contributed by atoms with E-state index in [1.165, 1.54) is 0 Å². The SMILES string of the molecule is CCOC(=O)[C@@H](CCC(=O)O)OCOCCOC. The van der Waals surface area contributed by atoms with Gasteiger partial charge in [0, 0.05) is 13.5 Å². The molecule has 0 aromatic carbocycles. The van der Waals surface area contributed by atoms with Gasteiger partial charge in [-0.25, -0.2) is 4.79 Å². The number of carboxylic acids is 1. The molecule has 7 heteroatoms. The highest BCUT2D eigenvalue weighted by Gasteiger charge is 2.21. The number of esters is 1. The Kier molecular flexibility index (Phi) is 10.2. The summed E-state index contributed by atoms with van der Waals surface area (Å²) >= 11 is 0. The standard InChI is InChI=1S/C11H20O7/c1-3-17-11(14)9(4-5-10(12)13)18-8-16-7-6-15-2/h9H,3-8H2,1-2H3,(H,12,13)/t9-/m1/s1. The van der Waals surface area contributed by atoms with Crippen LogP contribution in [-0.4, -0.2) is 56.9 Å². The molecule has 0 aliphatic carbocycles. The van der Waals surface area contributed by atoms with Crippen LogP contribution in [0.4, 0.5) is 0 Å².